The summed E-state index contributed by atoms with van der Waals surface area (Å²) in [4.78, 5) is 2.47. The number of allylic oxidation sites excluding steroid dienone is 1. The molecule has 0 aliphatic rings. The normalized spacial score (nSPS) is 11.9. The second-order valence-electron chi connectivity index (χ2n) is 9.42. The van der Waals surface area contributed by atoms with Gasteiger partial charge in [0.05, 0.1) is 0 Å². The monoisotopic (exact) mass is 436 g/mol. The maximum atomic E-state index is 3.26. The summed E-state index contributed by atoms with van der Waals surface area (Å²) < 4.78 is 2.13. The molecule has 1 heterocycles. The molecule has 2 aromatic carbocycles. The lowest BCUT2D eigenvalue weighted by Crippen LogP contribution is -2.24. The molecule has 0 saturated carbocycles. The average Bonchev–Trinajstić information content (AvgIpc) is 3.32. The van der Waals surface area contributed by atoms with Crippen molar-refractivity contribution < 1.29 is 0 Å². The van der Waals surface area contributed by atoms with Crippen LogP contribution < -0.4 is 0 Å². The van der Waals surface area contributed by atoms with E-state index in [0.717, 1.165) is 26.1 Å². The molecule has 0 N–H and O–H groups in total. The van der Waals surface area contributed by atoms with E-state index in [4.69, 9.17) is 0 Å². The van der Waals surface area contributed by atoms with Crippen LogP contribution in [-0.4, -0.2) is 22.6 Å². The van der Waals surface area contributed by atoms with Gasteiger partial charge in [0.25, 0.3) is 0 Å². The highest BCUT2D eigenvalue weighted by molar-refractivity contribution is 5.70. The Morgan fingerprint density at radius 1 is 0.909 bits per heavy atom. The van der Waals surface area contributed by atoms with Crippen LogP contribution in [0, 0.1) is 17.3 Å². The molecule has 33 heavy (non-hydrogen) atoms. The van der Waals surface area contributed by atoms with Crippen LogP contribution in [0.2, 0.25) is 0 Å². The summed E-state index contributed by atoms with van der Waals surface area (Å²) in [5.41, 5.74) is 4.97. The molecule has 2 nitrogen and oxygen atoms in total. The number of benzene rings is 2. The van der Waals surface area contributed by atoms with Gasteiger partial charge in [-0.25, -0.2) is 0 Å². The highest BCUT2D eigenvalue weighted by Crippen LogP contribution is 2.16. The van der Waals surface area contributed by atoms with Gasteiger partial charge in [0.15, 0.2) is 0 Å². The molecule has 0 atom stereocenters. The van der Waals surface area contributed by atoms with E-state index in [0.29, 0.717) is 0 Å². The van der Waals surface area contributed by atoms with Crippen LogP contribution in [0.15, 0.2) is 85.2 Å². The van der Waals surface area contributed by atoms with E-state index in [9.17, 15) is 0 Å². The van der Waals surface area contributed by atoms with Gasteiger partial charge in [-0.2, -0.15) is 0 Å². The molecule has 0 aliphatic heterocycles. The molecule has 0 aliphatic carbocycles. The Labute approximate surface area is 200 Å². The number of hydrogen-bond donors (Lipinski definition) is 0. The summed E-state index contributed by atoms with van der Waals surface area (Å²) >= 11 is 0. The topological polar surface area (TPSA) is 8.17 Å². The van der Waals surface area contributed by atoms with Crippen molar-refractivity contribution in [2.24, 2.45) is 5.41 Å². The Balaban J connectivity index is 1.65. The lowest BCUT2D eigenvalue weighted by atomic mass is 9.98. The Morgan fingerprint density at radius 3 is 2.30 bits per heavy atom. The SMILES string of the molecule is CCCN(C/C=C/C#CC(C)(C)C)Cc1cccc(/C=C/c2cccc(-n3cccc3)c2)c1. The molecule has 0 fully saturated rings. The van der Waals surface area contributed by atoms with Crippen LogP contribution in [0.1, 0.15) is 50.8 Å². The average molecular weight is 437 g/mol. The Morgan fingerprint density at radius 2 is 1.61 bits per heavy atom. The Hall–Kier alpha value is -3.28. The van der Waals surface area contributed by atoms with Crippen molar-refractivity contribution in [3.8, 4) is 17.5 Å². The van der Waals surface area contributed by atoms with Gasteiger partial charge in [-0.3, -0.25) is 4.90 Å². The number of hydrogen-bond acceptors (Lipinski definition) is 1. The lowest BCUT2D eigenvalue weighted by Gasteiger charge is -2.20. The van der Waals surface area contributed by atoms with Crippen LogP contribution in [0.3, 0.4) is 0 Å². The fourth-order valence-electron chi connectivity index (χ4n) is 3.61. The van der Waals surface area contributed by atoms with E-state index in [1.165, 1.54) is 22.4 Å². The van der Waals surface area contributed by atoms with Crippen molar-refractivity contribution in [2.45, 2.75) is 40.7 Å². The first-order chi connectivity index (χ1) is 15.9. The molecule has 0 unspecified atom stereocenters. The first-order valence-electron chi connectivity index (χ1n) is 11.8. The number of nitrogens with zero attached hydrogens (tertiary/aromatic N) is 2. The Bertz CT molecular complexity index is 1120. The lowest BCUT2D eigenvalue weighted by molar-refractivity contribution is 0.295. The maximum absolute atomic E-state index is 3.26. The molecule has 0 saturated heterocycles. The summed E-state index contributed by atoms with van der Waals surface area (Å²) in [5, 5.41) is 0. The first kappa shape index (κ1) is 24.4. The second kappa shape index (κ2) is 12.1. The highest BCUT2D eigenvalue weighted by Gasteiger charge is 2.04. The van der Waals surface area contributed by atoms with Crippen molar-refractivity contribution in [3.05, 3.63) is 102 Å². The minimum atomic E-state index is 0.0466. The van der Waals surface area contributed by atoms with Crippen molar-refractivity contribution in [1.82, 2.24) is 9.47 Å². The molecule has 170 valence electrons. The maximum Gasteiger partial charge on any atom is 0.0455 e. The van der Waals surface area contributed by atoms with E-state index in [2.05, 4.69) is 128 Å². The minimum Gasteiger partial charge on any atom is -0.324 e. The molecular weight excluding hydrogens is 400 g/mol. The summed E-state index contributed by atoms with van der Waals surface area (Å²) in [6.45, 7) is 11.6. The molecule has 1 aromatic heterocycles. The van der Waals surface area contributed by atoms with Crippen molar-refractivity contribution in [1.29, 1.82) is 0 Å². The molecule has 0 radical (unpaired) electrons. The molecule has 2 heteroatoms. The largest absolute Gasteiger partial charge is 0.324 e. The van der Waals surface area contributed by atoms with Crippen LogP contribution in [0.25, 0.3) is 17.8 Å². The quantitative estimate of drug-likeness (QED) is 0.249. The molecule has 0 amide bonds. The van der Waals surface area contributed by atoms with E-state index in [-0.39, 0.29) is 5.41 Å². The van der Waals surface area contributed by atoms with Crippen molar-refractivity contribution >= 4 is 12.2 Å². The summed E-state index contributed by atoms with van der Waals surface area (Å²) in [6.07, 6.45) is 13.8. The summed E-state index contributed by atoms with van der Waals surface area (Å²) in [6, 6.07) is 21.5. The highest BCUT2D eigenvalue weighted by atomic mass is 15.1. The fourth-order valence-corrected chi connectivity index (χ4v) is 3.61. The van der Waals surface area contributed by atoms with Gasteiger partial charge in [-0.05, 0) is 80.8 Å². The first-order valence-corrected chi connectivity index (χ1v) is 11.8. The van der Waals surface area contributed by atoms with Gasteiger partial charge in [-0.15, -0.1) is 0 Å². The summed E-state index contributed by atoms with van der Waals surface area (Å²) in [7, 11) is 0. The zero-order valence-electron chi connectivity index (χ0n) is 20.5. The fraction of sp³-hybridized carbons (Fsp3) is 0.290. The second-order valence-corrected chi connectivity index (χ2v) is 9.42. The van der Waals surface area contributed by atoms with E-state index < -0.39 is 0 Å². The van der Waals surface area contributed by atoms with Gasteiger partial charge >= 0.3 is 0 Å². The third-order valence-corrected chi connectivity index (χ3v) is 5.15. The Kier molecular flexibility index (Phi) is 8.93. The van der Waals surface area contributed by atoms with Crippen LogP contribution in [0.4, 0.5) is 0 Å². The van der Waals surface area contributed by atoms with Crippen molar-refractivity contribution in [3.63, 3.8) is 0 Å². The molecular formula is C31H36N2. The smallest absolute Gasteiger partial charge is 0.0455 e. The van der Waals surface area contributed by atoms with Crippen LogP contribution >= 0.6 is 0 Å². The molecule has 0 spiro atoms. The molecule has 0 bridgehead atoms. The predicted octanol–water partition coefficient (Wildman–Crippen LogP) is 7.47. The summed E-state index contributed by atoms with van der Waals surface area (Å²) in [5.74, 6) is 6.43. The zero-order valence-corrected chi connectivity index (χ0v) is 20.5. The van der Waals surface area contributed by atoms with E-state index in [1.54, 1.807) is 0 Å². The van der Waals surface area contributed by atoms with Crippen LogP contribution in [-0.2, 0) is 6.54 Å². The number of rotatable bonds is 9. The molecule has 3 aromatic rings. The standard InChI is InChI=1S/C31H36N2/c1-5-20-32(21-8-6-7-19-31(2,3)4)26-29-15-11-13-27(24-29)17-18-28-14-12-16-30(25-28)33-22-9-10-23-33/h6,8-18,22-25H,5,20-21,26H2,1-4H3/b8-6+,18-17+. The van der Waals surface area contributed by atoms with Gasteiger partial charge in [-0.1, -0.05) is 73.4 Å². The third kappa shape index (κ3) is 8.64. The van der Waals surface area contributed by atoms with Gasteiger partial charge in [0, 0.05) is 36.6 Å². The van der Waals surface area contributed by atoms with E-state index in [1.807, 2.05) is 18.2 Å². The zero-order chi connectivity index (χ0) is 23.5. The number of aromatic nitrogens is 1. The van der Waals surface area contributed by atoms with Crippen LogP contribution in [0.5, 0.6) is 0 Å². The van der Waals surface area contributed by atoms with Gasteiger partial charge < -0.3 is 4.57 Å². The van der Waals surface area contributed by atoms with E-state index >= 15 is 0 Å². The molecule has 3 rings (SSSR count). The van der Waals surface area contributed by atoms with Crippen molar-refractivity contribution in [2.75, 3.05) is 13.1 Å². The van der Waals surface area contributed by atoms with Gasteiger partial charge in [0.2, 0.25) is 0 Å². The predicted molar refractivity (Wildman–Crippen MR) is 143 cm³/mol. The minimum absolute atomic E-state index is 0.0466. The van der Waals surface area contributed by atoms with Gasteiger partial charge in [0.1, 0.15) is 0 Å². The third-order valence-electron chi connectivity index (χ3n) is 5.15.